The van der Waals surface area contributed by atoms with Gasteiger partial charge in [0.1, 0.15) is 0 Å². The van der Waals surface area contributed by atoms with E-state index in [0.717, 1.165) is 62.6 Å². The zero-order valence-electron chi connectivity index (χ0n) is 16.4. The molecule has 2 aliphatic heterocycles. The van der Waals surface area contributed by atoms with Gasteiger partial charge in [-0.25, -0.2) is 14.6 Å². The molecule has 0 aliphatic carbocycles. The molecule has 3 aromatic rings. The first-order valence-electron chi connectivity index (χ1n) is 10.4. The lowest BCUT2D eigenvalue weighted by atomic mass is 9.97. The third kappa shape index (κ3) is 3.87. The van der Waals surface area contributed by atoms with Gasteiger partial charge in [-0.15, -0.1) is 0 Å². The molecule has 0 spiro atoms. The topological polar surface area (TPSA) is 93.3 Å². The Labute approximate surface area is 169 Å². The van der Waals surface area contributed by atoms with E-state index in [0.29, 0.717) is 30.5 Å². The third-order valence-corrected chi connectivity index (χ3v) is 5.75. The zero-order valence-corrected chi connectivity index (χ0v) is 16.4. The van der Waals surface area contributed by atoms with E-state index < -0.39 is 0 Å². The first-order valence-corrected chi connectivity index (χ1v) is 10.4. The molecule has 5 heterocycles. The van der Waals surface area contributed by atoms with E-state index in [2.05, 4.69) is 37.2 Å². The molecule has 2 saturated heterocycles. The first-order chi connectivity index (χ1) is 14.4. The van der Waals surface area contributed by atoms with Crippen LogP contribution in [0.15, 0.2) is 29.0 Å². The smallest absolute Gasteiger partial charge is 0.245 e. The normalized spacial score (nSPS) is 20.3. The summed E-state index contributed by atoms with van der Waals surface area (Å²) in [6, 6.07) is 6.51. The van der Waals surface area contributed by atoms with Crippen molar-refractivity contribution in [3.8, 4) is 0 Å². The Balaban J connectivity index is 1.46. The minimum Gasteiger partial charge on any atom is -0.378 e. The SMILES string of the molecule is c1ccc(CCC2CCCCN2c2nc3nonc3nc2N2CCOCC2)nc1. The average Bonchev–Trinajstić information content (AvgIpc) is 3.26. The van der Waals surface area contributed by atoms with Crippen LogP contribution in [0.4, 0.5) is 11.6 Å². The van der Waals surface area contributed by atoms with Gasteiger partial charge >= 0.3 is 0 Å². The Hall–Kier alpha value is -2.81. The molecule has 5 rings (SSSR count). The third-order valence-electron chi connectivity index (χ3n) is 5.75. The van der Waals surface area contributed by atoms with Crippen LogP contribution in [0.25, 0.3) is 11.3 Å². The molecule has 1 atom stereocenters. The number of morpholine rings is 1. The second-order valence-electron chi connectivity index (χ2n) is 7.58. The molecule has 0 aromatic carbocycles. The highest BCUT2D eigenvalue weighted by Gasteiger charge is 2.30. The van der Waals surface area contributed by atoms with Crippen molar-refractivity contribution >= 4 is 22.9 Å². The molecule has 29 heavy (non-hydrogen) atoms. The number of anilines is 2. The lowest BCUT2D eigenvalue weighted by molar-refractivity contribution is 0.122. The van der Waals surface area contributed by atoms with Gasteiger partial charge in [-0.1, -0.05) is 6.07 Å². The van der Waals surface area contributed by atoms with E-state index in [1.165, 1.54) is 6.42 Å². The van der Waals surface area contributed by atoms with Gasteiger partial charge in [0.25, 0.3) is 0 Å². The summed E-state index contributed by atoms with van der Waals surface area (Å²) in [7, 11) is 0. The fraction of sp³-hybridized carbons (Fsp3) is 0.550. The van der Waals surface area contributed by atoms with Gasteiger partial charge in [-0.2, -0.15) is 0 Å². The fourth-order valence-electron chi connectivity index (χ4n) is 4.24. The monoisotopic (exact) mass is 395 g/mol. The van der Waals surface area contributed by atoms with Crippen molar-refractivity contribution in [2.45, 2.75) is 38.1 Å². The summed E-state index contributed by atoms with van der Waals surface area (Å²) in [6.45, 7) is 3.95. The lowest BCUT2D eigenvalue weighted by Gasteiger charge is -2.39. The van der Waals surface area contributed by atoms with E-state index in [9.17, 15) is 0 Å². The highest BCUT2D eigenvalue weighted by Crippen LogP contribution is 2.33. The maximum absolute atomic E-state index is 5.53. The van der Waals surface area contributed by atoms with Crippen molar-refractivity contribution in [1.82, 2.24) is 25.3 Å². The Morgan fingerprint density at radius 2 is 1.79 bits per heavy atom. The number of hydrogen-bond donors (Lipinski definition) is 0. The standard InChI is InChI=1S/C20H25N7O2/c1-3-9-21-15(5-1)7-8-16-6-2-4-10-27(16)20-19(26-11-13-28-14-12-26)22-17-18(23-20)25-29-24-17/h1,3,5,9,16H,2,4,6-8,10-14H2. The van der Waals surface area contributed by atoms with Gasteiger partial charge in [-0.05, 0) is 54.6 Å². The summed E-state index contributed by atoms with van der Waals surface area (Å²) in [5.41, 5.74) is 2.05. The number of aromatic nitrogens is 5. The number of fused-ring (bicyclic) bond motifs is 1. The maximum atomic E-state index is 5.53. The molecule has 1 unspecified atom stereocenters. The van der Waals surface area contributed by atoms with Crippen molar-refractivity contribution < 1.29 is 9.37 Å². The van der Waals surface area contributed by atoms with E-state index in [1.807, 2.05) is 12.3 Å². The summed E-state index contributed by atoms with van der Waals surface area (Å²) < 4.78 is 10.4. The first kappa shape index (κ1) is 18.2. The predicted octanol–water partition coefficient (Wildman–Crippen LogP) is 2.24. The highest BCUT2D eigenvalue weighted by atomic mass is 16.6. The molecule has 9 nitrogen and oxygen atoms in total. The number of rotatable bonds is 5. The highest BCUT2D eigenvalue weighted by molar-refractivity contribution is 5.75. The van der Waals surface area contributed by atoms with Gasteiger partial charge in [0.05, 0.1) is 13.2 Å². The van der Waals surface area contributed by atoms with Crippen LogP contribution in [0, 0.1) is 0 Å². The minimum absolute atomic E-state index is 0.400. The number of ether oxygens (including phenoxy) is 1. The lowest BCUT2D eigenvalue weighted by Crippen LogP contribution is -2.43. The van der Waals surface area contributed by atoms with Crippen LogP contribution < -0.4 is 9.80 Å². The van der Waals surface area contributed by atoms with Crippen LogP contribution in [0.5, 0.6) is 0 Å². The predicted molar refractivity (Wildman–Crippen MR) is 108 cm³/mol. The summed E-state index contributed by atoms with van der Waals surface area (Å²) in [4.78, 5) is 18.8. The molecule has 9 heteroatoms. The number of hydrogen-bond acceptors (Lipinski definition) is 9. The zero-order chi connectivity index (χ0) is 19.5. The molecule has 0 radical (unpaired) electrons. The van der Waals surface area contributed by atoms with Gasteiger partial charge in [0, 0.05) is 37.6 Å². The molecule has 2 fully saturated rings. The van der Waals surface area contributed by atoms with Crippen LogP contribution in [0.1, 0.15) is 31.4 Å². The van der Waals surface area contributed by atoms with Gasteiger partial charge in [-0.3, -0.25) is 4.98 Å². The molecule has 0 saturated carbocycles. The number of pyridine rings is 1. The van der Waals surface area contributed by atoms with Crippen molar-refractivity contribution in [1.29, 1.82) is 0 Å². The molecule has 152 valence electrons. The molecule has 0 amide bonds. The number of nitrogens with zero attached hydrogens (tertiary/aromatic N) is 7. The Bertz CT molecular complexity index is 942. The summed E-state index contributed by atoms with van der Waals surface area (Å²) >= 11 is 0. The molecule has 0 N–H and O–H groups in total. The summed E-state index contributed by atoms with van der Waals surface area (Å²) in [5.74, 6) is 1.75. The quantitative estimate of drug-likeness (QED) is 0.644. The molecular formula is C20H25N7O2. The number of piperidine rings is 1. The van der Waals surface area contributed by atoms with E-state index in [4.69, 9.17) is 19.3 Å². The van der Waals surface area contributed by atoms with Crippen LogP contribution in [0.3, 0.4) is 0 Å². The Morgan fingerprint density at radius 1 is 0.966 bits per heavy atom. The minimum atomic E-state index is 0.400. The van der Waals surface area contributed by atoms with Crippen LogP contribution >= 0.6 is 0 Å². The van der Waals surface area contributed by atoms with Crippen molar-refractivity contribution in [2.24, 2.45) is 0 Å². The molecule has 2 aliphatic rings. The average molecular weight is 395 g/mol. The maximum Gasteiger partial charge on any atom is 0.245 e. The second kappa shape index (κ2) is 8.28. The Morgan fingerprint density at radius 3 is 2.59 bits per heavy atom. The van der Waals surface area contributed by atoms with Crippen LogP contribution in [0.2, 0.25) is 0 Å². The van der Waals surface area contributed by atoms with E-state index in [-0.39, 0.29) is 0 Å². The van der Waals surface area contributed by atoms with Crippen LogP contribution in [-0.4, -0.2) is 64.2 Å². The van der Waals surface area contributed by atoms with Crippen molar-refractivity contribution in [2.75, 3.05) is 42.6 Å². The molecule has 0 bridgehead atoms. The second-order valence-corrected chi connectivity index (χ2v) is 7.58. The molecule has 3 aromatic heterocycles. The Kier molecular flexibility index (Phi) is 5.21. The van der Waals surface area contributed by atoms with Crippen molar-refractivity contribution in [3.05, 3.63) is 30.1 Å². The largest absolute Gasteiger partial charge is 0.378 e. The van der Waals surface area contributed by atoms with E-state index >= 15 is 0 Å². The van der Waals surface area contributed by atoms with Gasteiger partial charge in [0.15, 0.2) is 11.6 Å². The number of aryl methyl sites for hydroxylation is 1. The summed E-state index contributed by atoms with van der Waals surface area (Å²) in [5, 5.41) is 7.85. The van der Waals surface area contributed by atoms with Crippen LogP contribution in [-0.2, 0) is 11.2 Å². The fourth-order valence-corrected chi connectivity index (χ4v) is 4.24. The molecular weight excluding hydrogens is 370 g/mol. The van der Waals surface area contributed by atoms with Crippen molar-refractivity contribution in [3.63, 3.8) is 0 Å². The van der Waals surface area contributed by atoms with Gasteiger partial charge in [0.2, 0.25) is 11.3 Å². The van der Waals surface area contributed by atoms with E-state index in [1.54, 1.807) is 0 Å². The summed E-state index contributed by atoms with van der Waals surface area (Å²) in [6.07, 6.45) is 7.39. The van der Waals surface area contributed by atoms with Gasteiger partial charge < -0.3 is 14.5 Å².